The third kappa shape index (κ3) is 3.59. The predicted molar refractivity (Wildman–Crippen MR) is 74.1 cm³/mol. The van der Waals surface area contributed by atoms with E-state index in [1.807, 2.05) is 18.2 Å². The van der Waals surface area contributed by atoms with Crippen LogP contribution in [0, 0.1) is 0 Å². The van der Waals surface area contributed by atoms with Gasteiger partial charge in [-0.1, -0.05) is 29.3 Å². The summed E-state index contributed by atoms with van der Waals surface area (Å²) in [5, 5.41) is 4.88. The van der Waals surface area contributed by atoms with Crippen molar-refractivity contribution in [2.24, 2.45) is 0 Å². The molecular formula is C13H18Cl2N2. The quantitative estimate of drug-likeness (QED) is 0.911. The van der Waals surface area contributed by atoms with Gasteiger partial charge in [-0.15, -0.1) is 0 Å². The van der Waals surface area contributed by atoms with Crippen molar-refractivity contribution < 1.29 is 0 Å². The van der Waals surface area contributed by atoms with Crippen molar-refractivity contribution >= 4 is 23.2 Å². The van der Waals surface area contributed by atoms with Crippen molar-refractivity contribution in [3.63, 3.8) is 0 Å². The molecule has 1 aromatic rings. The Morgan fingerprint density at radius 1 is 1.41 bits per heavy atom. The fraction of sp³-hybridized carbons (Fsp3) is 0.538. The van der Waals surface area contributed by atoms with E-state index in [-0.39, 0.29) is 0 Å². The molecule has 1 unspecified atom stereocenters. The summed E-state index contributed by atoms with van der Waals surface area (Å²) in [6.45, 7) is 6.60. The Hall–Kier alpha value is -0.280. The first-order valence-corrected chi connectivity index (χ1v) is 6.81. The molecule has 2 rings (SSSR count). The molecule has 0 amide bonds. The summed E-state index contributed by atoms with van der Waals surface area (Å²) in [7, 11) is 0. The lowest BCUT2D eigenvalue weighted by Gasteiger charge is -2.33. The van der Waals surface area contributed by atoms with Gasteiger partial charge < -0.3 is 5.32 Å². The Morgan fingerprint density at radius 2 is 2.24 bits per heavy atom. The maximum Gasteiger partial charge on any atom is 0.0453 e. The minimum Gasteiger partial charge on any atom is -0.314 e. The molecule has 1 atom stereocenters. The molecule has 0 aromatic heterocycles. The lowest BCUT2D eigenvalue weighted by molar-refractivity contribution is 0.176. The Labute approximate surface area is 113 Å². The highest BCUT2D eigenvalue weighted by Crippen LogP contribution is 2.21. The third-order valence-corrected chi connectivity index (χ3v) is 3.91. The van der Waals surface area contributed by atoms with Crippen molar-refractivity contribution in [3.05, 3.63) is 33.8 Å². The molecule has 1 saturated heterocycles. The first-order chi connectivity index (χ1) is 8.16. The second-order valence-corrected chi connectivity index (χ2v) is 5.42. The first-order valence-electron chi connectivity index (χ1n) is 6.05. The Morgan fingerprint density at radius 3 is 2.94 bits per heavy atom. The molecule has 0 aliphatic carbocycles. The predicted octanol–water partition coefficient (Wildman–Crippen LogP) is 2.83. The standard InChI is InChI=1S/C13H18Cl2N2/c1-10-9-16-5-7-17(10)6-4-11-2-3-12(14)8-13(11)15/h2-3,8,10,16H,4-7,9H2,1H3. The van der Waals surface area contributed by atoms with E-state index >= 15 is 0 Å². The second kappa shape index (κ2) is 6.05. The third-order valence-electron chi connectivity index (χ3n) is 3.32. The van der Waals surface area contributed by atoms with Crippen LogP contribution < -0.4 is 5.32 Å². The Kier molecular flexibility index (Phi) is 4.69. The van der Waals surface area contributed by atoms with Crippen LogP contribution in [0.5, 0.6) is 0 Å². The monoisotopic (exact) mass is 272 g/mol. The molecule has 0 radical (unpaired) electrons. The molecule has 2 nitrogen and oxygen atoms in total. The van der Waals surface area contributed by atoms with Gasteiger partial charge in [-0.2, -0.15) is 0 Å². The van der Waals surface area contributed by atoms with Crippen molar-refractivity contribution in [1.29, 1.82) is 0 Å². The average Bonchev–Trinajstić information content (AvgIpc) is 2.30. The first kappa shape index (κ1) is 13.2. The lowest BCUT2D eigenvalue weighted by Crippen LogP contribution is -2.50. The second-order valence-electron chi connectivity index (χ2n) is 4.57. The number of hydrogen-bond donors (Lipinski definition) is 1. The van der Waals surface area contributed by atoms with Crippen molar-refractivity contribution in [2.45, 2.75) is 19.4 Å². The number of nitrogens with one attached hydrogen (secondary N) is 1. The van der Waals surface area contributed by atoms with E-state index in [2.05, 4.69) is 17.1 Å². The highest BCUT2D eigenvalue weighted by molar-refractivity contribution is 6.35. The molecule has 1 aromatic carbocycles. The van der Waals surface area contributed by atoms with Gasteiger partial charge in [-0.25, -0.2) is 0 Å². The van der Waals surface area contributed by atoms with Crippen molar-refractivity contribution in [1.82, 2.24) is 10.2 Å². The van der Waals surface area contributed by atoms with E-state index in [0.29, 0.717) is 11.1 Å². The molecule has 0 bridgehead atoms. The molecule has 1 aliphatic rings. The minimum atomic E-state index is 0.606. The van der Waals surface area contributed by atoms with Crippen LogP contribution in [0.3, 0.4) is 0 Å². The Bertz CT molecular complexity index is 382. The SMILES string of the molecule is CC1CNCCN1CCc1ccc(Cl)cc1Cl. The molecule has 1 aliphatic heterocycles. The zero-order valence-electron chi connectivity index (χ0n) is 10.0. The van der Waals surface area contributed by atoms with Gasteiger partial charge in [-0.05, 0) is 31.0 Å². The molecule has 0 saturated carbocycles. The molecule has 0 spiro atoms. The van der Waals surface area contributed by atoms with Gasteiger partial charge in [0.2, 0.25) is 0 Å². The zero-order valence-corrected chi connectivity index (χ0v) is 11.6. The van der Waals surface area contributed by atoms with E-state index in [1.165, 1.54) is 5.56 Å². The number of nitrogens with zero attached hydrogens (tertiary/aromatic N) is 1. The number of halogens is 2. The van der Waals surface area contributed by atoms with Crippen LogP contribution in [-0.2, 0) is 6.42 Å². The van der Waals surface area contributed by atoms with Crippen molar-refractivity contribution in [3.8, 4) is 0 Å². The number of benzene rings is 1. The lowest BCUT2D eigenvalue weighted by atomic mass is 10.1. The summed E-state index contributed by atoms with van der Waals surface area (Å²) in [6, 6.07) is 6.36. The zero-order chi connectivity index (χ0) is 12.3. The number of hydrogen-bond acceptors (Lipinski definition) is 2. The fourth-order valence-electron chi connectivity index (χ4n) is 2.20. The number of piperazine rings is 1. The average molecular weight is 273 g/mol. The highest BCUT2D eigenvalue weighted by Gasteiger charge is 2.17. The van der Waals surface area contributed by atoms with E-state index in [4.69, 9.17) is 23.2 Å². The largest absolute Gasteiger partial charge is 0.314 e. The van der Waals surface area contributed by atoms with E-state index < -0.39 is 0 Å². The summed E-state index contributed by atoms with van der Waals surface area (Å²) in [6.07, 6.45) is 0.986. The molecule has 1 heterocycles. The molecule has 17 heavy (non-hydrogen) atoms. The van der Waals surface area contributed by atoms with Gasteiger partial charge in [0, 0.05) is 42.3 Å². The number of rotatable bonds is 3. The minimum absolute atomic E-state index is 0.606. The smallest absolute Gasteiger partial charge is 0.0453 e. The van der Waals surface area contributed by atoms with Gasteiger partial charge in [0.25, 0.3) is 0 Å². The van der Waals surface area contributed by atoms with Gasteiger partial charge >= 0.3 is 0 Å². The van der Waals surface area contributed by atoms with Crippen LogP contribution in [-0.4, -0.2) is 37.1 Å². The molecule has 1 N–H and O–H groups in total. The fourth-order valence-corrected chi connectivity index (χ4v) is 2.71. The Balaban J connectivity index is 1.92. The topological polar surface area (TPSA) is 15.3 Å². The van der Waals surface area contributed by atoms with E-state index in [1.54, 1.807) is 0 Å². The van der Waals surface area contributed by atoms with Crippen molar-refractivity contribution in [2.75, 3.05) is 26.2 Å². The summed E-state index contributed by atoms with van der Waals surface area (Å²) in [4.78, 5) is 2.50. The molecule has 4 heteroatoms. The van der Waals surface area contributed by atoms with Gasteiger partial charge in [0.15, 0.2) is 0 Å². The van der Waals surface area contributed by atoms with Crippen LogP contribution in [0.4, 0.5) is 0 Å². The summed E-state index contributed by atoms with van der Waals surface area (Å²) in [5.74, 6) is 0. The van der Waals surface area contributed by atoms with Gasteiger partial charge in [0.1, 0.15) is 0 Å². The van der Waals surface area contributed by atoms with Crippen LogP contribution in [0.25, 0.3) is 0 Å². The van der Waals surface area contributed by atoms with E-state index in [0.717, 1.165) is 37.6 Å². The summed E-state index contributed by atoms with van der Waals surface area (Å²) >= 11 is 12.1. The maximum absolute atomic E-state index is 6.17. The van der Waals surface area contributed by atoms with Crippen LogP contribution in [0.2, 0.25) is 10.0 Å². The normalized spacial score (nSPS) is 21.7. The van der Waals surface area contributed by atoms with Gasteiger partial charge in [0.05, 0.1) is 0 Å². The van der Waals surface area contributed by atoms with Crippen LogP contribution in [0.1, 0.15) is 12.5 Å². The van der Waals surface area contributed by atoms with Crippen LogP contribution >= 0.6 is 23.2 Å². The van der Waals surface area contributed by atoms with Crippen LogP contribution in [0.15, 0.2) is 18.2 Å². The maximum atomic E-state index is 6.17. The summed E-state index contributed by atoms with van der Waals surface area (Å²) < 4.78 is 0. The highest BCUT2D eigenvalue weighted by atomic mass is 35.5. The molecule has 1 fully saturated rings. The van der Waals surface area contributed by atoms with Gasteiger partial charge in [-0.3, -0.25) is 4.90 Å². The molecular weight excluding hydrogens is 255 g/mol. The molecule has 94 valence electrons. The summed E-state index contributed by atoms with van der Waals surface area (Å²) in [5.41, 5.74) is 1.18. The van der Waals surface area contributed by atoms with E-state index in [9.17, 15) is 0 Å².